The Kier molecular flexibility index (Phi) is 3.79. The molecule has 0 unspecified atom stereocenters. The number of hydrogen-bond acceptors (Lipinski definition) is 2. The summed E-state index contributed by atoms with van der Waals surface area (Å²) in [6.07, 6.45) is 2.73. The van der Waals surface area contributed by atoms with Crippen LogP contribution in [-0.2, 0) is 4.79 Å². The number of hydrogen-bond donors (Lipinski definition) is 1. The van der Waals surface area contributed by atoms with Crippen LogP contribution in [0, 0.1) is 11.8 Å². The molecule has 1 aliphatic heterocycles. The Morgan fingerprint density at radius 3 is 3.00 bits per heavy atom. The predicted molar refractivity (Wildman–Crippen MR) is 68.6 cm³/mol. The van der Waals surface area contributed by atoms with Gasteiger partial charge in [0.25, 0.3) is 0 Å². The van der Waals surface area contributed by atoms with Gasteiger partial charge in [0.1, 0.15) is 0 Å². The maximum atomic E-state index is 11.8. The highest BCUT2D eigenvalue weighted by atomic mass is 16.2. The zero-order valence-electron chi connectivity index (χ0n) is 9.78. The number of benzene rings is 1. The lowest BCUT2D eigenvalue weighted by Gasteiger charge is -2.26. The average Bonchev–Trinajstić information content (AvgIpc) is 2.37. The average molecular weight is 228 g/mol. The molecule has 3 nitrogen and oxygen atoms in total. The second-order valence-corrected chi connectivity index (χ2v) is 4.06. The van der Waals surface area contributed by atoms with Crippen LogP contribution in [-0.4, -0.2) is 19.0 Å². The van der Waals surface area contributed by atoms with Gasteiger partial charge < -0.3 is 10.6 Å². The Hall–Kier alpha value is -1.79. The second-order valence-electron chi connectivity index (χ2n) is 4.06. The van der Waals surface area contributed by atoms with Crippen molar-refractivity contribution in [1.82, 2.24) is 0 Å². The standard InChI is InChI=1S/C14H16N2O/c15-9-4-6-12-5-3-7-13(11-12)16-10-2-1-8-14(16)17/h3,5,7,11H,1-2,8-10,15H2. The molecule has 0 bridgehead atoms. The van der Waals surface area contributed by atoms with E-state index < -0.39 is 0 Å². The lowest BCUT2D eigenvalue weighted by molar-refractivity contribution is -0.119. The number of anilines is 1. The number of rotatable bonds is 1. The molecule has 3 heteroatoms. The highest BCUT2D eigenvalue weighted by molar-refractivity contribution is 5.94. The summed E-state index contributed by atoms with van der Waals surface area (Å²) in [7, 11) is 0. The minimum absolute atomic E-state index is 0.209. The van der Waals surface area contributed by atoms with Crippen LogP contribution in [0.15, 0.2) is 24.3 Å². The number of nitrogens with two attached hydrogens (primary N) is 1. The first-order chi connectivity index (χ1) is 8.31. The zero-order valence-corrected chi connectivity index (χ0v) is 9.78. The lowest BCUT2D eigenvalue weighted by Crippen LogP contribution is -2.35. The third kappa shape index (κ3) is 2.86. The van der Waals surface area contributed by atoms with Gasteiger partial charge in [0.2, 0.25) is 5.91 Å². The molecule has 1 fully saturated rings. The van der Waals surface area contributed by atoms with Crippen molar-refractivity contribution in [3.63, 3.8) is 0 Å². The van der Waals surface area contributed by atoms with E-state index in [2.05, 4.69) is 11.8 Å². The number of carbonyl (C=O) groups is 1. The molecule has 2 N–H and O–H groups in total. The number of nitrogens with zero attached hydrogens (tertiary/aromatic N) is 1. The molecule has 0 radical (unpaired) electrons. The van der Waals surface area contributed by atoms with Crippen molar-refractivity contribution in [1.29, 1.82) is 0 Å². The van der Waals surface area contributed by atoms with Gasteiger partial charge in [-0.3, -0.25) is 4.79 Å². The topological polar surface area (TPSA) is 46.3 Å². The first-order valence-electron chi connectivity index (χ1n) is 5.90. The number of piperidine rings is 1. The third-order valence-electron chi connectivity index (χ3n) is 2.82. The van der Waals surface area contributed by atoms with Gasteiger partial charge in [0.15, 0.2) is 0 Å². The van der Waals surface area contributed by atoms with Gasteiger partial charge in [-0.1, -0.05) is 17.9 Å². The van der Waals surface area contributed by atoms with E-state index >= 15 is 0 Å². The summed E-state index contributed by atoms with van der Waals surface area (Å²) in [5.74, 6) is 6.01. The molecular weight excluding hydrogens is 212 g/mol. The molecule has 0 atom stereocenters. The molecule has 2 rings (SSSR count). The zero-order chi connectivity index (χ0) is 12.1. The Morgan fingerprint density at radius 2 is 2.24 bits per heavy atom. The fourth-order valence-corrected chi connectivity index (χ4v) is 1.98. The molecule has 1 aromatic carbocycles. The van der Waals surface area contributed by atoms with Gasteiger partial charge in [-0.05, 0) is 31.0 Å². The van der Waals surface area contributed by atoms with Crippen LogP contribution in [0.4, 0.5) is 5.69 Å². The third-order valence-corrected chi connectivity index (χ3v) is 2.82. The molecule has 1 amide bonds. The van der Waals surface area contributed by atoms with Crippen LogP contribution >= 0.6 is 0 Å². The van der Waals surface area contributed by atoms with Crippen LogP contribution in [0.25, 0.3) is 0 Å². The quantitative estimate of drug-likeness (QED) is 0.741. The van der Waals surface area contributed by atoms with Crippen molar-refractivity contribution in [2.45, 2.75) is 19.3 Å². The summed E-state index contributed by atoms with van der Waals surface area (Å²) in [6.45, 7) is 1.17. The van der Waals surface area contributed by atoms with Crippen molar-refractivity contribution < 1.29 is 4.79 Å². The van der Waals surface area contributed by atoms with E-state index in [0.717, 1.165) is 30.6 Å². The summed E-state index contributed by atoms with van der Waals surface area (Å²) in [4.78, 5) is 13.6. The van der Waals surface area contributed by atoms with E-state index in [9.17, 15) is 4.79 Å². The van der Waals surface area contributed by atoms with Crippen LogP contribution in [0.3, 0.4) is 0 Å². The summed E-state index contributed by atoms with van der Waals surface area (Å²) in [5, 5.41) is 0. The van der Waals surface area contributed by atoms with Crippen LogP contribution in [0.1, 0.15) is 24.8 Å². The first kappa shape index (κ1) is 11.7. The predicted octanol–water partition coefficient (Wildman–Crippen LogP) is 1.51. The fourth-order valence-electron chi connectivity index (χ4n) is 1.98. The molecule has 1 heterocycles. The monoisotopic (exact) mass is 228 g/mol. The first-order valence-corrected chi connectivity index (χ1v) is 5.90. The van der Waals surface area contributed by atoms with E-state index in [1.165, 1.54) is 0 Å². The molecule has 1 aromatic rings. The van der Waals surface area contributed by atoms with Gasteiger partial charge >= 0.3 is 0 Å². The van der Waals surface area contributed by atoms with Crippen LogP contribution in [0.2, 0.25) is 0 Å². The number of carbonyl (C=O) groups excluding carboxylic acids is 1. The molecule has 0 saturated carbocycles. The largest absolute Gasteiger partial charge is 0.320 e. The Balaban J connectivity index is 2.23. The van der Waals surface area contributed by atoms with E-state index in [1.807, 2.05) is 29.2 Å². The lowest BCUT2D eigenvalue weighted by atomic mass is 10.1. The van der Waals surface area contributed by atoms with Crippen molar-refractivity contribution >= 4 is 11.6 Å². The Labute approximate surface area is 102 Å². The van der Waals surface area contributed by atoms with E-state index in [4.69, 9.17) is 5.73 Å². The molecule has 1 aliphatic rings. The molecule has 0 spiro atoms. The van der Waals surface area contributed by atoms with Gasteiger partial charge in [0, 0.05) is 24.2 Å². The molecule has 88 valence electrons. The van der Waals surface area contributed by atoms with Crippen molar-refractivity contribution in [2.24, 2.45) is 5.73 Å². The molecule has 0 aliphatic carbocycles. The van der Waals surface area contributed by atoms with E-state index in [1.54, 1.807) is 0 Å². The number of amides is 1. The fraction of sp³-hybridized carbons (Fsp3) is 0.357. The molecular formula is C14H16N2O. The van der Waals surface area contributed by atoms with E-state index in [-0.39, 0.29) is 5.91 Å². The maximum Gasteiger partial charge on any atom is 0.226 e. The Bertz CT molecular complexity index is 471. The van der Waals surface area contributed by atoms with Gasteiger partial charge in [-0.2, -0.15) is 0 Å². The van der Waals surface area contributed by atoms with Gasteiger partial charge in [-0.25, -0.2) is 0 Å². The van der Waals surface area contributed by atoms with Crippen LogP contribution in [0.5, 0.6) is 0 Å². The SMILES string of the molecule is NCC#Cc1cccc(N2CCCCC2=O)c1. The van der Waals surface area contributed by atoms with Crippen molar-refractivity contribution in [3.05, 3.63) is 29.8 Å². The van der Waals surface area contributed by atoms with E-state index in [0.29, 0.717) is 13.0 Å². The summed E-state index contributed by atoms with van der Waals surface area (Å²) in [5.41, 5.74) is 7.19. The normalized spacial score (nSPS) is 15.4. The minimum Gasteiger partial charge on any atom is -0.320 e. The highest BCUT2D eigenvalue weighted by Gasteiger charge is 2.19. The van der Waals surface area contributed by atoms with Crippen LogP contribution < -0.4 is 10.6 Å². The van der Waals surface area contributed by atoms with Gasteiger partial charge in [-0.15, -0.1) is 0 Å². The van der Waals surface area contributed by atoms with Gasteiger partial charge in [0.05, 0.1) is 6.54 Å². The second kappa shape index (κ2) is 5.51. The van der Waals surface area contributed by atoms with Crippen molar-refractivity contribution in [3.8, 4) is 11.8 Å². The Morgan fingerprint density at radius 1 is 1.35 bits per heavy atom. The summed E-state index contributed by atoms with van der Waals surface area (Å²) < 4.78 is 0. The summed E-state index contributed by atoms with van der Waals surface area (Å²) >= 11 is 0. The molecule has 17 heavy (non-hydrogen) atoms. The summed E-state index contributed by atoms with van der Waals surface area (Å²) in [6, 6.07) is 7.76. The highest BCUT2D eigenvalue weighted by Crippen LogP contribution is 2.21. The van der Waals surface area contributed by atoms with Crippen molar-refractivity contribution in [2.75, 3.05) is 18.0 Å². The minimum atomic E-state index is 0.209. The molecule has 0 aromatic heterocycles. The smallest absolute Gasteiger partial charge is 0.226 e. The maximum absolute atomic E-state index is 11.8. The molecule has 1 saturated heterocycles.